The van der Waals surface area contributed by atoms with Crippen molar-refractivity contribution in [3.05, 3.63) is 11.3 Å². The maximum atomic E-state index is 11.5. The summed E-state index contributed by atoms with van der Waals surface area (Å²) >= 11 is 0. The number of nitrogen functional groups attached to an aromatic ring is 1. The zero-order valence-corrected chi connectivity index (χ0v) is 11.2. The van der Waals surface area contributed by atoms with E-state index in [0.717, 1.165) is 12.8 Å². The van der Waals surface area contributed by atoms with E-state index in [2.05, 4.69) is 5.10 Å². The van der Waals surface area contributed by atoms with Crippen LogP contribution in [0.25, 0.3) is 0 Å². The Bertz CT molecular complexity index is 548. The number of aromatic nitrogens is 2. The van der Waals surface area contributed by atoms with Crippen LogP contribution >= 0.6 is 0 Å². The molecule has 6 heteroatoms. The van der Waals surface area contributed by atoms with Gasteiger partial charge < -0.3 is 5.73 Å². The Morgan fingerprint density at radius 3 is 2.56 bits per heavy atom. The molecule has 3 rings (SSSR count). The molecule has 0 radical (unpaired) electrons. The topological polar surface area (TPSA) is 78.0 Å². The minimum atomic E-state index is -2.81. The van der Waals surface area contributed by atoms with Gasteiger partial charge in [0.1, 0.15) is 15.7 Å². The molecule has 5 nitrogen and oxygen atoms in total. The van der Waals surface area contributed by atoms with Gasteiger partial charge in [-0.15, -0.1) is 0 Å². The molecule has 2 heterocycles. The van der Waals surface area contributed by atoms with Gasteiger partial charge in [0.15, 0.2) is 0 Å². The second-order valence-corrected chi connectivity index (χ2v) is 7.65. The molecule has 1 aromatic rings. The molecule has 0 aromatic carbocycles. The molecule has 0 spiro atoms. The van der Waals surface area contributed by atoms with E-state index in [-0.39, 0.29) is 17.5 Å². The molecule has 2 aliphatic rings. The highest BCUT2D eigenvalue weighted by molar-refractivity contribution is 7.91. The molecule has 100 valence electrons. The number of rotatable bonds is 1. The normalized spacial score (nSPS) is 23.8. The molecule has 1 saturated heterocycles. The van der Waals surface area contributed by atoms with Gasteiger partial charge in [-0.2, -0.15) is 5.10 Å². The summed E-state index contributed by atoms with van der Waals surface area (Å²) in [5.41, 5.74) is 8.43. The average molecular weight is 269 g/mol. The van der Waals surface area contributed by atoms with Crippen molar-refractivity contribution in [3.8, 4) is 0 Å². The smallest absolute Gasteiger partial charge is 0.150 e. The molecule has 0 bridgehead atoms. The SMILES string of the molecule is Nc1nn(C2CCS(=O)(=O)CC2)c2c1CCCC2. The van der Waals surface area contributed by atoms with Crippen LogP contribution in [0.2, 0.25) is 0 Å². The number of anilines is 1. The van der Waals surface area contributed by atoms with Crippen LogP contribution in [0, 0.1) is 0 Å². The first-order chi connectivity index (χ1) is 8.57. The molecule has 18 heavy (non-hydrogen) atoms. The summed E-state index contributed by atoms with van der Waals surface area (Å²) in [6.07, 6.45) is 5.77. The summed E-state index contributed by atoms with van der Waals surface area (Å²) in [5.74, 6) is 1.22. The first-order valence-electron chi connectivity index (χ1n) is 6.63. The second-order valence-electron chi connectivity index (χ2n) is 5.35. The zero-order chi connectivity index (χ0) is 12.8. The van der Waals surface area contributed by atoms with Crippen LogP contribution in [0.3, 0.4) is 0 Å². The van der Waals surface area contributed by atoms with Gasteiger partial charge in [0, 0.05) is 11.3 Å². The Morgan fingerprint density at radius 2 is 1.83 bits per heavy atom. The van der Waals surface area contributed by atoms with Crippen LogP contribution in [0.1, 0.15) is 43.0 Å². The van der Waals surface area contributed by atoms with Gasteiger partial charge in [0.2, 0.25) is 0 Å². The lowest BCUT2D eigenvalue weighted by Crippen LogP contribution is -2.27. The lowest BCUT2D eigenvalue weighted by atomic mass is 9.97. The largest absolute Gasteiger partial charge is 0.382 e. The van der Waals surface area contributed by atoms with E-state index in [4.69, 9.17) is 5.73 Å². The molecule has 1 aliphatic carbocycles. The standard InChI is InChI=1S/C12H19N3O2S/c13-12-10-3-1-2-4-11(10)15(14-12)9-5-7-18(16,17)8-6-9/h9H,1-8H2,(H2,13,14). The summed E-state index contributed by atoms with van der Waals surface area (Å²) in [7, 11) is -2.81. The molecule has 0 unspecified atom stereocenters. The fourth-order valence-corrected chi connectivity index (χ4v) is 4.55. The van der Waals surface area contributed by atoms with E-state index in [0.29, 0.717) is 18.7 Å². The van der Waals surface area contributed by atoms with Crippen molar-refractivity contribution < 1.29 is 8.42 Å². The summed E-state index contributed by atoms with van der Waals surface area (Å²) in [4.78, 5) is 0. The van der Waals surface area contributed by atoms with E-state index in [1.807, 2.05) is 4.68 Å². The van der Waals surface area contributed by atoms with E-state index in [1.165, 1.54) is 24.1 Å². The van der Waals surface area contributed by atoms with Crippen LogP contribution in [0.5, 0.6) is 0 Å². The molecule has 2 N–H and O–H groups in total. The fourth-order valence-electron chi connectivity index (χ4n) is 3.08. The highest BCUT2D eigenvalue weighted by Crippen LogP contribution is 2.32. The van der Waals surface area contributed by atoms with Crippen molar-refractivity contribution in [1.29, 1.82) is 0 Å². The molecule has 1 fully saturated rings. The van der Waals surface area contributed by atoms with E-state index in [9.17, 15) is 8.42 Å². The van der Waals surface area contributed by atoms with Gasteiger partial charge >= 0.3 is 0 Å². The van der Waals surface area contributed by atoms with Gasteiger partial charge in [-0.05, 0) is 38.5 Å². The van der Waals surface area contributed by atoms with Crippen molar-refractivity contribution >= 4 is 15.7 Å². The van der Waals surface area contributed by atoms with Crippen molar-refractivity contribution in [2.75, 3.05) is 17.2 Å². The highest BCUT2D eigenvalue weighted by Gasteiger charge is 2.29. The molecule has 0 saturated carbocycles. The number of sulfone groups is 1. The molecular weight excluding hydrogens is 250 g/mol. The Labute approximate surface area is 107 Å². The number of nitrogens with zero attached hydrogens (tertiary/aromatic N) is 2. The van der Waals surface area contributed by atoms with Crippen LogP contribution in [0.4, 0.5) is 5.82 Å². The van der Waals surface area contributed by atoms with Gasteiger partial charge in [0.25, 0.3) is 0 Å². The van der Waals surface area contributed by atoms with Crippen molar-refractivity contribution in [1.82, 2.24) is 9.78 Å². The Hall–Kier alpha value is -1.04. The summed E-state index contributed by atoms with van der Waals surface area (Å²) in [5, 5.41) is 4.46. The molecule has 1 aliphatic heterocycles. The number of hydrogen-bond donors (Lipinski definition) is 1. The second kappa shape index (κ2) is 4.26. The first kappa shape index (κ1) is 12.0. The first-order valence-corrected chi connectivity index (χ1v) is 8.45. The van der Waals surface area contributed by atoms with Gasteiger partial charge in [-0.1, -0.05) is 0 Å². The number of nitrogens with two attached hydrogens (primary N) is 1. The van der Waals surface area contributed by atoms with E-state index < -0.39 is 9.84 Å². The Balaban J connectivity index is 1.89. The molecule has 1 aromatic heterocycles. The predicted molar refractivity (Wildman–Crippen MR) is 70.2 cm³/mol. The van der Waals surface area contributed by atoms with E-state index in [1.54, 1.807) is 0 Å². The summed E-state index contributed by atoms with van der Waals surface area (Å²) in [6.45, 7) is 0. The third kappa shape index (κ3) is 2.02. The quantitative estimate of drug-likeness (QED) is 0.828. The lowest BCUT2D eigenvalue weighted by Gasteiger charge is -2.25. The highest BCUT2D eigenvalue weighted by atomic mass is 32.2. The van der Waals surface area contributed by atoms with Crippen LogP contribution in [0.15, 0.2) is 0 Å². The summed E-state index contributed by atoms with van der Waals surface area (Å²) in [6, 6.07) is 0.220. The van der Waals surface area contributed by atoms with Gasteiger partial charge in [0.05, 0.1) is 17.5 Å². The Morgan fingerprint density at radius 1 is 1.17 bits per heavy atom. The third-order valence-electron chi connectivity index (χ3n) is 4.11. The van der Waals surface area contributed by atoms with Crippen molar-refractivity contribution in [3.63, 3.8) is 0 Å². The third-order valence-corrected chi connectivity index (χ3v) is 5.83. The monoisotopic (exact) mass is 269 g/mol. The number of hydrogen-bond acceptors (Lipinski definition) is 4. The Kier molecular flexibility index (Phi) is 2.84. The predicted octanol–water partition coefficient (Wildman–Crippen LogP) is 1.09. The van der Waals surface area contributed by atoms with Crippen LogP contribution < -0.4 is 5.73 Å². The van der Waals surface area contributed by atoms with Crippen LogP contribution in [-0.2, 0) is 22.7 Å². The van der Waals surface area contributed by atoms with Gasteiger partial charge in [-0.3, -0.25) is 4.68 Å². The number of fused-ring (bicyclic) bond motifs is 1. The fraction of sp³-hybridized carbons (Fsp3) is 0.750. The van der Waals surface area contributed by atoms with Crippen molar-refractivity contribution in [2.24, 2.45) is 0 Å². The minimum Gasteiger partial charge on any atom is -0.382 e. The minimum absolute atomic E-state index is 0.220. The zero-order valence-electron chi connectivity index (χ0n) is 10.4. The van der Waals surface area contributed by atoms with E-state index >= 15 is 0 Å². The maximum Gasteiger partial charge on any atom is 0.150 e. The molecular formula is C12H19N3O2S. The lowest BCUT2D eigenvalue weighted by molar-refractivity contribution is 0.397. The van der Waals surface area contributed by atoms with Gasteiger partial charge in [-0.25, -0.2) is 8.42 Å². The molecule has 0 amide bonds. The molecule has 0 atom stereocenters. The maximum absolute atomic E-state index is 11.5. The summed E-state index contributed by atoms with van der Waals surface area (Å²) < 4.78 is 25.0. The van der Waals surface area contributed by atoms with Crippen LogP contribution in [-0.4, -0.2) is 29.7 Å². The average Bonchev–Trinajstić information content (AvgIpc) is 2.68. The van der Waals surface area contributed by atoms with Crippen molar-refractivity contribution in [2.45, 2.75) is 44.6 Å².